The molecule has 3 fully saturated rings. The lowest BCUT2D eigenvalue weighted by Gasteiger charge is -2.23. The van der Waals surface area contributed by atoms with Crippen molar-refractivity contribution in [2.24, 2.45) is 5.92 Å². The van der Waals surface area contributed by atoms with Crippen LogP contribution in [0.4, 0.5) is 16.2 Å². The number of fused-ring (bicyclic) bond motifs is 1. The monoisotopic (exact) mass is 682 g/mol. The number of nitrogens with one attached hydrogen (secondary N) is 2. The van der Waals surface area contributed by atoms with Crippen molar-refractivity contribution in [1.82, 2.24) is 19.9 Å². The topological polar surface area (TPSA) is 170 Å². The Morgan fingerprint density at radius 1 is 1.04 bits per heavy atom. The summed E-state index contributed by atoms with van der Waals surface area (Å²) in [5.74, 6) is -0.573. The minimum Gasteiger partial charge on any atom is -0.390 e. The van der Waals surface area contributed by atoms with Gasteiger partial charge in [0.15, 0.2) is 9.84 Å². The fraction of sp³-hybridized carbons (Fsp3) is 0.515. The molecule has 3 aliphatic rings. The molecule has 4 atom stereocenters. The second-order valence-corrected chi connectivity index (χ2v) is 16.3. The number of rotatable bonds is 11. The Bertz CT molecular complexity index is 1880. The molecule has 250 valence electrons. The molecule has 47 heavy (non-hydrogen) atoms. The van der Waals surface area contributed by atoms with E-state index < -0.39 is 51.2 Å². The number of anilines is 2. The predicted molar refractivity (Wildman–Crippen MR) is 178 cm³/mol. The molecule has 0 radical (unpaired) electrons. The normalized spacial score (nSPS) is 24.2. The average molecular weight is 683 g/mol. The number of aromatic nitrogens is 4. The van der Waals surface area contributed by atoms with Crippen LogP contribution in [0.1, 0.15) is 68.7 Å². The van der Waals surface area contributed by atoms with E-state index in [1.807, 2.05) is 19.2 Å². The van der Waals surface area contributed by atoms with Crippen molar-refractivity contribution in [3.63, 3.8) is 0 Å². The molecule has 1 aromatic carbocycles. The van der Waals surface area contributed by atoms with E-state index in [0.717, 1.165) is 66.6 Å². The molecule has 0 aliphatic heterocycles. The molecule has 0 bridgehead atoms. The lowest BCUT2D eigenvalue weighted by atomic mass is 9.98. The number of hydrogen-bond acceptors (Lipinski definition) is 12. The van der Waals surface area contributed by atoms with Gasteiger partial charge in [-0.25, -0.2) is 22.8 Å². The molecule has 11 nitrogen and oxygen atoms in total. The maximum Gasteiger partial charge on any atom is 0.224 e. The maximum atomic E-state index is 13.4. The molecule has 5 N–H and O–H groups in total. The number of sulfone groups is 1. The van der Waals surface area contributed by atoms with E-state index in [2.05, 4.69) is 15.6 Å². The van der Waals surface area contributed by atoms with E-state index in [1.54, 1.807) is 0 Å². The summed E-state index contributed by atoms with van der Waals surface area (Å²) in [4.78, 5) is 19.1. The summed E-state index contributed by atoms with van der Waals surface area (Å²) in [5, 5.41) is 40.2. The Hall–Kier alpha value is -3.30. The van der Waals surface area contributed by atoms with Gasteiger partial charge in [0, 0.05) is 24.6 Å². The minimum absolute atomic E-state index is 0.0421. The van der Waals surface area contributed by atoms with Gasteiger partial charge < -0.3 is 26.0 Å². The first-order valence-corrected chi connectivity index (χ1v) is 18.7. The number of halogens is 1. The second-order valence-electron chi connectivity index (χ2n) is 13.3. The van der Waals surface area contributed by atoms with Gasteiger partial charge in [0.05, 0.1) is 50.0 Å². The van der Waals surface area contributed by atoms with Crippen LogP contribution in [-0.4, -0.2) is 79.8 Å². The Labute approximate surface area is 276 Å². The van der Waals surface area contributed by atoms with E-state index in [-0.39, 0.29) is 11.3 Å². The van der Waals surface area contributed by atoms with Crippen LogP contribution in [0.3, 0.4) is 0 Å². The molecule has 4 aromatic rings. The van der Waals surface area contributed by atoms with Crippen molar-refractivity contribution < 1.29 is 28.1 Å². The summed E-state index contributed by atoms with van der Waals surface area (Å²) in [5.41, 5.74) is 2.45. The van der Waals surface area contributed by atoms with Crippen molar-refractivity contribution in [2.75, 3.05) is 22.9 Å². The standard InChI is InChI=1S/C33H39FN6O5S2/c1-18-25(31-39-27-24(46-31)10-14-35-26(27)19-4-5-19)30(40-32(37-18)36-15-13-33(43)11-2-3-12-33)38-23-16-20(28(41)29(23)42)17-47(44,45)22-8-6-21(34)7-9-22/h6-10,14,19-20,23,28-29,41-43H,2-5,11-13,15-17H2,1H3,(H2,36,37,38,40)/t20-,23-,28-,29+/m1/s1. The molecule has 0 saturated heterocycles. The van der Waals surface area contributed by atoms with Crippen molar-refractivity contribution >= 4 is 43.2 Å². The lowest BCUT2D eigenvalue weighted by Crippen LogP contribution is -2.36. The summed E-state index contributed by atoms with van der Waals surface area (Å²) < 4.78 is 40.7. The molecule has 0 spiro atoms. The molecule has 7 rings (SSSR count). The van der Waals surface area contributed by atoms with Crippen LogP contribution in [0, 0.1) is 18.7 Å². The van der Waals surface area contributed by atoms with Crippen LogP contribution in [0.15, 0.2) is 41.4 Å². The van der Waals surface area contributed by atoms with Gasteiger partial charge in [0.25, 0.3) is 0 Å². The molecule has 3 heterocycles. The predicted octanol–water partition coefficient (Wildman–Crippen LogP) is 4.58. The second kappa shape index (κ2) is 12.6. The summed E-state index contributed by atoms with van der Waals surface area (Å²) in [7, 11) is -3.86. The van der Waals surface area contributed by atoms with Crippen LogP contribution in [0.5, 0.6) is 0 Å². The van der Waals surface area contributed by atoms with Gasteiger partial charge in [-0.3, -0.25) is 4.98 Å². The van der Waals surface area contributed by atoms with E-state index >= 15 is 0 Å². The summed E-state index contributed by atoms with van der Waals surface area (Å²) in [6.45, 7) is 2.34. The first-order valence-electron chi connectivity index (χ1n) is 16.2. The van der Waals surface area contributed by atoms with E-state index in [9.17, 15) is 28.1 Å². The Morgan fingerprint density at radius 3 is 2.51 bits per heavy atom. The SMILES string of the molecule is Cc1nc(NCCC2(O)CCCC2)nc(N[C@@H]2C[C@H](CS(=O)(=O)c3ccc(F)cc3)[C@@H](O)[C@H]2O)c1-c1nc2c(C3CC3)nccc2s1. The summed E-state index contributed by atoms with van der Waals surface area (Å²) in [6.07, 6.45) is 5.67. The van der Waals surface area contributed by atoms with Gasteiger partial charge in [-0.05, 0) is 75.8 Å². The average Bonchev–Trinajstić information content (AvgIpc) is 3.56. The van der Waals surface area contributed by atoms with E-state index in [1.165, 1.54) is 23.5 Å². The third kappa shape index (κ3) is 6.71. The quantitative estimate of drug-likeness (QED) is 0.140. The summed E-state index contributed by atoms with van der Waals surface area (Å²) >= 11 is 1.50. The lowest BCUT2D eigenvalue weighted by molar-refractivity contribution is 0.0216. The highest BCUT2D eigenvalue weighted by molar-refractivity contribution is 7.91. The minimum atomic E-state index is -3.86. The largest absolute Gasteiger partial charge is 0.390 e. The molecular weight excluding hydrogens is 644 g/mol. The number of pyridine rings is 1. The molecule has 0 amide bonds. The third-order valence-electron chi connectivity index (χ3n) is 9.74. The zero-order chi connectivity index (χ0) is 32.9. The van der Waals surface area contributed by atoms with Crippen molar-refractivity contribution in [3.8, 4) is 10.6 Å². The third-order valence-corrected chi connectivity index (χ3v) is 12.6. The highest BCUT2D eigenvalue weighted by Crippen LogP contribution is 2.45. The van der Waals surface area contributed by atoms with Gasteiger partial charge in [0.2, 0.25) is 5.95 Å². The van der Waals surface area contributed by atoms with Gasteiger partial charge in [0.1, 0.15) is 28.3 Å². The number of thiazole rings is 1. The van der Waals surface area contributed by atoms with Gasteiger partial charge in [-0.15, -0.1) is 11.3 Å². The van der Waals surface area contributed by atoms with Crippen LogP contribution in [-0.2, 0) is 9.84 Å². The van der Waals surface area contributed by atoms with Gasteiger partial charge >= 0.3 is 0 Å². The number of benzene rings is 1. The van der Waals surface area contributed by atoms with E-state index in [0.29, 0.717) is 46.9 Å². The fourth-order valence-electron chi connectivity index (χ4n) is 6.97. The summed E-state index contributed by atoms with van der Waals surface area (Å²) in [6, 6.07) is 5.80. The Kier molecular flexibility index (Phi) is 8.66. The molecule has 14 heteroatoms. The first-order chi connectivity index (χ1) is 22.5. The van der Waals surface area contributed by atoms with Crippen molar-refractivity contribution in [2.45, 2.75) is 93.0 Å². The van der Waals surface area contributed by atoms with Crippen LogP contribution >= 0.6 is 11.3 Å². The Morgan fingerprint density at radius 2 is 1.79 bits per heavy atom. The zero-order valence-corrected chi connectivity index (χ0v) is 27.7. The number of aliphatic hydroxyl groups excluding tert-OH is 2. The molecule has 3 aliphatic carbocycles. The fourth-order valence-corrected chi connectivity index (χ4v) is 9.68. The van der Waals surface area contributed by atoms with Crippen LogP contribution < -0.4 is 10.6 Å². The van der Waals surface area contributed by atoms with Gasteiger partial charge in [-0.1, -0.05) is 12.8 Å². The number of aliphatic hydroxyl groups is 3. The van der Waals surface area contributed by atoms with Crippen molar-refractivity contribution in [3.05, 3.63) is 53.7 Å². The van der Waals surface area contributed by atoms with Gasteiger partial charge in [-0.2, -0.15) is 4.98 Å². The number of aryl methyl sites for hydroxylation is 1. The van der Waals surface area contributed by atoms with Crippen molar-refractivity contribution in [1.29, 1.82) is 0 Å². The highest BCUT2D eigenvalue weighted by Gasteiger charge is 2.44. The molecular formula is C33H39FN6O5S2. The Balaban J connectivity index is 1.18. The zero-order valence-electron chi connectivity index (χ0n) is 26.1. The first kappa shape index (κ1) is 32.3. The smallest absolute Gasteiger partial charge is 0.224 e. The highest BCUT2D eigenvalue weighted by atomic mass is 32.2. The van der Waals surface area contributed by atoms with Crippen LogP contribution in [0.25, 0.3) is 20.8 Å². The molecule has 3 aromatic heterocycles. The maximum absolute atomic E-state index is 13.4. The number of nitrogens with zero attached hydrogens (tertiary/aromatic N) is 4. The molecule has 0 unspecified atom stereocenters. The molecule has 3 saturated carbocycles. The van der Waals surface area contributed by atoms with Crippen LogP contribution in [0.2, 0.25) is 0 Å². The number of hydrogen-bond donors (Lipinski definition) is 5. The van der Waals surface area contributed by atoms with E-state index in [4.69, 9.17) is 15.0 Å².